The maximum absolute atomic E-state index is 11.1. The lowest BCUT2D eigenvalue weighted by atomic mass is 10.1. The number of primary amides is 1. The van der Waals surface area contributed by atoms with Crippen LogP contribution in [0.25, 0.3) is 11.3 Å². The Bertz CT molecular complexity index is 957. The molecule has 3 rings (SSSR count). The van der Waals surface area contributed by atoms with Crippen LogP contribution in [0, 0.1) is 10.1 Å². The van der Waals surface area contributed by atoms with Gasteiger partial charge in [0.2, 0.25) is 11.9 Å². The molecule has 0 radical (unpaired) electrons. The second-order valence-corrected chi connectivity index (χ2v) is 5.49. The van der Waals surface area contributed by atoms with E-state index in [-0.39, 0.29) is 5.69 Å². The van der Waals surface area contributed by atoms with Crippen LogP contribution in [0.4, 0.5) is 11.6 Å². The van der Waals surface area contributed by atoms with Crippen molar-refractivity contribution in [2.75, 3.05) is 5.32 Å². The highest BCUT2D eigenvalue weighted by Crippen LogP contribution is 2.19. The summed E-state index contributed by atoms with van der Waals surface area (Å²) in [6.07, 6.45) is 1.61. The number of carbonyl (C=O) groups excluding carboxylic acids is 1. The molecule has 0 aliphatic rings. The van der Waals surface area contributed by atoms with Crippen LogP contribution in [0.5, 0.6) is 0 Å². The molecule has 0 atom stereocenters. The number of nitrogens with zero attached hydrogens (tertiary/aromatic N) is 3. The fourth-order valence-corrected chi connectivity index (χ4v) is 2.37. The zero-order valence-corrected chi connectivity index (χ0v) is 13.6. The lowest BCUT2D eigenvalue weighted by Crippen LogP contribution is -2.10. The highest BCUT2D eigenvalue weighted by atomic mass is 16.6. The van der Waals surface area contributed by atoms with Gasteiger partial charge in [-0.25, -0.2) is 9.97 Å². The van der Waals surface area contributed by atoms with Crippen molar-refractivity contribution in [1.29, 1.82) is 0 Å². The monoisotopic (exact) mass is 349 g/mol. The van der Waals surface area contributed by atoms with Gasteiger partial charge in [-0.1, -0.05) is 24.3 Å². The van der Waals surface area contributed by atoms with E-state index < -0.39 is 10.8 Å². The number of anilines is 1. The molecule has 1 aromatic heterocycles. The molecule has 0 fully saturated rings. The number of carbonyl (C=O) groups is 1. The summed E-state index contributed by atoms with van der Waals surface area (Å²) >= 11 is 0. The number of aromatic nitrogens is 2. The van der Waals surface area contributed by atoms with Gasteiger partial charge in [-0.2, -0.15) is 0 Å². The number of nitrogens with one attached hydrogen (secondary N) is 1. The van der Waals surface area contributed by atoms with Gasteiger partial charge in [0.05, 0.1) is 10.6 Å². The van der Waals surface area contributed by atoms with Crippen LogP contribution in [0.2, 0.25) is 0 Å². The first-order chi connectivity index (χ1) is 12.5. The molecule has 130 valence electrons. The fourth-order valence-electron chi connectivity index (χ4n) is 2.37. The van der Waals surface area contributed by atoms with E-state index in [1.165, 1.54) is 12.1 Å². The van der Waals surface area contributed by atoms with E-state index in [0.717, 1.165) is 11.1 Å². The topological polar surface area (TPSA) is 124 Å². The summed E-state index contributed by atoms with van der Waals surface area (Å²) in [5.41, 5.74) is 7.94. The normalized spacial score (nSPS) is 10.3. The maximum Gasteiger partial charge on any atom is 0.269 e. The number of hydrogen-bond donors (Lipinski definition) is 2. The predicted molar refractivity (Wildman–Crippen MR) is 96.4 cm³/mol. The molecule has 0 saturated carbocycles. The minimum atomic E-state index is -0.487. The maximum atomic E-state index is 11.1. The van der Waals surface area contributed by atoms with Crippen LogP contribution in [-0.2, 0) is 6.54 Å². The Balaban J connectivity index is 1.74. The summed E-state index contributed by atoms with van der Waals surface area (Å²) in [6, 6.07) is 14.9. The van der Waals surface area contributed by atoms with Gasteiger partial charge in [0.25, 0.3) is 5.69 Å². The number of nitro groups is 1. The highest BCUT2D eigenvalue weighted by Gasteiger charge is 2.07. The molecule has 26 heavy (non-hydrogen) atoms. The number of benzene rings is 2. The Morgan fingerprint density at radius 1 is 1.15 bits per heavy atom. The first-order valence-electron chi connectivity index (χ1n) is 7.73. The second-order valence-electron chi connectivity index (χ2n) is 5.49. The van der Waals surface area contributed by atoms with Crippen LogP contribution >= 0.6 is 0 Å². The zero-order valence-electron chi connectivity index (χ0n) is 13.6. The first kappa shape index (κ1) is 17.0. The third kappa shape index (κ3) is 3.99. The minimum Gasteiger partial charge on any atom is -0.366 e. The number of hydrogen-bond acceptors (Lipinski definition) is 6. The molecule has 0 bridgehead atoms. The van der Waals surface area contributed by atoms with E-state index in [1.807, 2.05) is 0 Å². The third-order valence-electron chi connectivity index (χ3n) is 3.69. The Hall–Kier alpha value is -3.81. The van der Waals surface area contributed by atoms with Crippen LogP contribution in [0.1, 0.15) is 15.9 Å². The van der Waals surface area contributed by atoms with Gasteiger partial charge >= 0.3 is 0 Å². The molecule has 8 nitrogen and oxygen atoms in total. The van der Waals surface area contributed by atoms with Crippen LogP contribution < -0.4 is 11.1 Å². The largest absolute Gasteiger partial charge is 0.366 e. The molecule has 0 saturated heterocycles. The van der Waals surface area contributed by atoms with Gasteiger partial charge in [0, 0.05) is 36.0 Å². The second kappa shape index (κ2) is 7.39. The van der Waals surface area contributed by atoms with E-state index in [2.05, 4.69) is 15.3 Å². The molecule has 1 amide bonds. The van der Waals surface area contributed by atoms with Crippen molar-refractivity contribution in [1.82, 2.24) is 9.97 Å². The summed E-state index contributed by atoms with van der Waals surface area (Å²) in [5.74, 6) is -0.0912. The lowest BCUT2D eigenvalue weighted by Gasteiger charge is -2.07. The Morgan fingerprint density at radius 3 is 2.62 bits per heavy atom. The van der Waals surface area contributed by atoms with Gasteiger partial charge < -0.3 is 11.1 Å². The predicted octanol–water partition coefficient (Wildman–Crippen LogP) is 2.76. The molecule has 1 heterocycles. The van der Waals surface area contributed by atoms with Crippen molar-refractivity contribution in [2.24, 2.45) is 5.73 Å². The van der Waals surface area contributed by atoms with Crippen molar-refractivity contribution >= 4 is 17.5 Å². The quantitative estimate of drug-likeness (QED) is 0.521. The standard InChI is InChI=1S/C18H15N5O3/c19-17(24)14-6-4-13(5-7-14)16-8-9-20-18(22-16)21-11-12-2-1-3-15(10-12)23(25)26/h1-10H,11H2,(H2,19,24)(H,20,21,22). The summed E-state index contributed by atoms with van der Waals surface area (Å²) in [4.78, 5) is 30.1. The van der Waals surface area contributed by atoms with Crippen LogP contribution in [0.3, 0.4) is 0 Å². The number of rotatable bonds is 6. The first-order valence-corrected chi connectivity index (χ1v) is 7.73. The molecule has 3 aromatic rings. The van der Waals surface area contributed by atoms with Crippen molar-refractivity contribution in [3.63, 3.8) is 0 Å². The van der Waals surface area contributed by atoms with Crippen molar-refractivity contribution in [2.45, 2.75) is 6.54 Å². The van der Waals surface area contributed by atoms with Gasteiger partial charge in [-0.15, -0.1) is 0 Å². The number of amides is 1. The summed E-state index contributed by atoms with van der Waals surface area (Å²) in [6.45, 7) is 0.353. The summed E-state index contributed by atoms with van der Waals surface area (Å²) in [5, 5.41) is 13.9. The average molecular weight is 349 g/mol. The average Bonchev–Trinajstić information content (AvgIpc) is 2.67. The van der Waals surface area contributed by atoms with Crippen molar-refractivity contribution in [3.8, 4) is 11.3 Å². The van der Waals surface area contributed by atoms with E-state index in [1.54, 1.807) is 48.7 Å². The SMILES string of the molecule is NC(=O)c1ccc(-c2ccnc(NCc3cccc([N+](=O)[O-])c3)n2)cc1. The van der Waals surface area contributed by atoms with E-state index in [0.29, 0.717) is 23.8 Å². The fraction of sp³-hybridized carbons (Fsp3) is 0.0556. The number of nitro benzene ring substituents is 1. The van der Waals surface area contributed by atoms with Gasteiger partial charge in [0.15, 0.2) is 0 Å². The molecule has 3 N–H and O–H groups in total. The molecular formula is C18H15N5O3. The van der Waals surface area contributed by atoms with E-state index in [4.69, 9.17) is 5.73 Å². The number of nitrogens with two attached hydrogens (primary N) is 1. The molecule has 0 spiro atoms. The highest BCUT2D eigenvalue weighted by molar-refractivity contribution is 5.93. The van der Waals surface area contributed by atoms with Crippen LogP contribution in [-0.4, -0.2) is 20.8 Å². The Labute approximate surface area is 148 Å². The molecular weight excluding hydrogens is 334 g/mol. The molecule has 0 unspecified atom stereocenters. The summed E-state index contributed by atoms with van der Waals surface area (Å²) in [7, 11) is 0. The molecule has 0 aliphatic heterocycles. The van der Waals surface area contributed by atoms with Crippen LogP contribution in [0.15, 0.2) is 60.8 Å². The molecule has 0 aliphatic carbocycles. The zero-order chi connectivity index (χ0) is 18.5. The van der Waals surface area contributed by atoms with Crippen molar-refractivity contribution < 1.29 is 9.72 Å². The van der Waals surface area contributed by atoms with E-state index in [9.17, 15) is 14.9 Å². The van der Waals surface area contributed by atoms with Gasteiger partial charge in [-0.05, 0) is 23.8 Å². The van der Waals surface area contributed by atoms with Gasteiger partial charge in [0.1, 0.15) is 0 Å². The Morgan fingerprint density at radius 2 is 1.92 bits per heavy atom. The van der Waals surface area contributed by atoms with Gasteiger partial charge in [-0.3, -0.25) is 14.9 Å². The van der Waals surface area contributed by atoms with E-state index >= 15 is 0 Å². The lowest BCUT2D eigenvalue weighted by molar-refractivity contribution is -0.384. The molecule has 2 aromatic carbocycles. The molecule has 8 heteroatoms. The Kier molecular flexibility index (Phi) is 4.84. The number of non-ortho nitro benzene ring substituents is 1. The minimum absolute atomic E-state index is 0.0357. The third-order valence-corrected chi connectivity index (χ3v) is 3.69. The van der Waals surface area contributed by atoms with Crippen molar-refractivity contribution in [3.05, 3.63) is 82.0 Å². The smallest absolute Gasteiger partial charge is 0.269 e. The summed E-state index contributed by atoms with van der Waals surface area (Å²) < 4.78 is 0.